The van der Waals surface area contributed by atoms with E-state index in [9.17, 15) is 18.3 Å². The first kappa shape index (κ1) is 20.9. The minimum absolute atomic E-state index is 0.0559. The summed E-state index contributed by atoms with van der Waals surface area (Å²) in [6, 6.07) is 12.0. The Morgan fingerprint density at radius 1 is 0.903 bits per heavy atom. The van der Waals surface area contributed by atoms with E-state index in [1.54, 1.807) is 24.3 Å². The molecule has 31 heavy (non-hydrogen) atoms. The molecule has 0 saturated carbocycles. The molecular weight excluding hydrogens is 409 g/mol. The van der Waals surface area contributed by atoms with Gasteiger partial charge in [-0.3, -0.25) is 4.90 Å². The van der Waals surface area contributed by atoms with E-state index in [4.69, 9.17) is 5.73 Å². The second-order valence-electron chi connectivity index (χ2n) is 7.29. The molecule has 2 heterocycles. The number of aromatic hydroxyl groups is 1. The van der Waals surface area contributed by atoms with Gasteiger partial charge in [0.1, 0.15) is 5.75 Å². The lowest BCUT2D eigenvalue weighted by Gasteiger charge is -2.34. The third-order valence-corrected chi connectivity index (χ3v) is 5.13. The van der Waals surface area contributed by atoms with Crippen molar-refractivity contribution in [2.45, 2.75) is 12.7 Å². The average molecular weight is 430 g/mol. The van der Waals surface area contributed by atoms with Crippen LogP contribution >= 0.6 is 0 Å². The highest BCUT2D eigenvalue weighted by Gasteiger charge is 2.30. The third-order valence-electron chi connectivity index (χ3n) is 5.13. The van der Waals surface area contributed by atoms with Crippen molar-refractivity contribution in [2.24, 2.45) is 0 Å². The van der Waals surface area contributed by atoms with Crippen LogP contribution in [0.25, 0.3) is 11.4 Å². The van der Waals surface area contributed by atoms with E-state index < -0.39 is 11.7 Å². The van der Waals surface area contributed by atoms with Gasteiger partial charge in [0.15, 0.2) is 5.82 Å². The molecule has 0 bridgehead atoms. The van der Waals surface area contributed by atoms with Gasteiger partial charge in [0.05, 0.1) is 11.1 Å². The predicted molar refractivity (Wildman–Crippen MR) is 110 cm³/mol. The van der Waals surface area contributed by atoms with E-state index >= 15 is 0 Å². The number of hydrogen-bond acceptors (Lipinski definition) is 7. The second-order valence-corrected chi connectivity index (χ2v) is 7.29. The zero-order chi connectivity index (χ0) is 22.0. The molecule has 3 N–H and O–H groups in total. The highest BCUT2D eigenvalue weighted by molar-refractivity contribution is 5.65. The van der Waals surface area contributed by atoms with Gasteiger partial charge in [-0.1, -0.05) is 24.3 Å². The number of nitrogen functional groups attached to an aromatic ring is 1. The molecule has 0 spiro atoms. The first-order chi connectivity index (χ1) is 14.8. The van der Waals surface area contributed by atoms with Crippen LogP contribution < -0.4 is 10.6 Å². The van der Waals surface area contributed by atoms with E-state index in [0.29, 0.717) is 50.1 Å². The molecule has 0 atom stereocenters. The lowest BCUT2D eigenvalue weighted by Crippen LogP contribution is -2.46. The number of hydrogen-bond donors (Lipinski definition) is 2. The standard InChI is InChI=1S/C21H21F3N6O/c22-21(23,24)15-7-5-14(6-8-15)13-29-9-11-30(12-10-29)20-27-18(26-19(25)28-20)16-3-1-2-4-17(16)31/h1-8,31H,9-13H2,(H2,25,26,27,28). The molecule has 1 fully saturated rings. The number of para-hydroxylation sites is 1. The highest BCUT2D eigenvalue weighted by atomic mass is 19.4. The topological polar surface area (TPSA) is 91.4 Å². The fourth-order valence-corrected chi connectivity index (χ4v) is 3.47. The van der Waals surface area contributed by atoms with Crippen LogP contribution in [0.5, 0.6) is 5.75 Å². The van der Waals surface area contributed by atoms with Gasteiger partial charge in [-0.15, -0.1) is 0 Å². The number of aromatic nitrogens is 3. The summed E-state index contributed by atoms with van der Waals surface area (Å²) in [5.41, 5.74) is 6.52. The number of rotatable bonds is 4. The number of benzene rings is 2. The normalized spacial score (nSPS) is 15.3. The maximum atomic E-state index is 12.7. The molecule has 1 aromatic heterocycles. The van der Waals surface area contributed by atoms with Crippen LogP contribution in [0, 0.1) is 0 Å². The number of nitrogens with zero attached hydrogens (tertiary/aromatic N) is 5. The average Bonchev–Trinajstić information content (AvgIpc) is 2.74. The Kier molecular flexibility index (Phi) is 5.64. The Balaban J connectivity index is 1.41. The minimum Gasteiger partial charge on any atom is -0.507 e. The molecule has 3 aromatic rings. The van der Waals surface area contributed by atoms with E-state index in [-0.39, 0.29) is 11.7 Å². The summed E-state index contributed by atoms with van der Waals surface area (Å²) < 4.78 is 38.1. The summed E-state index contributed by atoms with van der Waals surface area (Å²) >= 11 is 0. The molecule has 0 amide bonds. The molecule has 0 radical (unpaired) electrons. The third kappa shape index (κ3) is 4.85. The van der Waals surface area contributed by atoms with Gasteiger partial charge in [-0.25, -0.2) is 0 Å². The van der Waals surface area contributed by atoms with Gasteiger partial charge >= 0.3 is 6.18 Å². The van der Waals surface area contributed by atoms with Crippen molar-refractivity contribution in [1.29, 1.82) is 0 Å². The van der Waals surface area contributed by atoms with Gasteiger partial charge < -0.3 is 15.7 Å². The summed E-state index contributed by atoms with van der Waals surface area (Å²) in [6.07, 6.45) is -4.33. The summed E-state index contributed by atoms with van der Waals surface area (Å²) in [5.74, 6) is 0.851. The number of halogens is 3. The summed E-state index contributed by atoms with van der Waals surface area (Å²) in [6.45, 7) is 3.21. The Bertz CT molecular complexity index is 1050. The van der Waals surface area contributed by atoms with Crippen LogP contribution in [0.15, 0.2) is 48.5 Å². The predicted octanol–water partition coefficient (Wildman–Crippen LogP) is 3.17. The molecule has 1 aliphatic heterocycles. The van der Waals surface area contributed by atoms with Crippen LogP contribution in [-0.2, 0) is 12.7 Å². The summed E-state index contributed by atoms with van der Waals surface area (Å²) in [4.78, 5) is 17.0. The van der Waals surface area contributed by atoms with Crippen molar-refractivity contribution < 1.29 is 18.3 Å². The maximum absolute atomic E-state index is 12.7. The maximum Gasteiger partial charge on any atom is 0.416 e. The first-order valence-corrected chi connectivity index (χ1v) is 9.73. The lowest BCUT2D eigenvalue weighted by atomic mass is 10.1. The zero-order valence-corrected chi connectivity index (χ0v) is 16.5. The van der Waals surface area contributed by atoms with E-state index in [0.717, 1.165) is 17.7 Å². The smallest absolute Gasteiger partial charge is 0.416 e. The Morgan fingerprint density at radius 3 is 2.23 bits per heavy atom. The molecule has 10 heteroatoms. The van der Waals surface area contributed by atoms with E-state index in [1.165, 1.54) is 12.1 Å². The van der Waals surface area contributed by atoms with E-state index in [1.807, 2.05) is 4.90 Å². The van der Waals surface area contributed by atoms with Crippen molar-refractivity contribution in [3.8, 4) is 17.1 Å². The van der Waals surface area contributed by atoms with Crippen LogP contribution in [0.3, 0.4) is 0 Å². The highest BCUT2D eigenvalue weighted by Crippen LogP contribution is 2.30. The molecular formula is C21H21F3N6O. The molecule has 7 nitrogen and oxygen atoms in total. The van der Waals surface area contributed by atoms with Crippen LogP contribution in [-0.4, -0.2) is 51.1 Å². The second kappa shape index (κ2) is 8.38. The van der Waals surface area contributed by atoms with Crippen molar-refractivity contribution in [1.82, 2.24) is 19.9 Å². The van der Waals surface area contributed by atoms with Gasteiger partial charge in [-0.2, -0.15) is 28.1 Å². The van der Waals surface area contributed by atoms with Crippen molar-refractivity contribution >= 4 is 11.9 Å². The number of phenols is 1. The van der Waals surface area contributed by atoms with Crippen LogP contribution in [0.2, 0.25) is 0 Å². The number of phenolic OH excluding ortho intramolecular Hbond substituents is 1. The lowest BCUT2D eigenvalue weighted by molar-refractivity contribution is -0.137. The molecule has 162 valence electrons. The largest absolute Gasteiger partial charge is 0.507 e. The fourth-order valence-electron chi connectivity index (χ4n) is 3.47. The summed E-state index contributed by atoms with van der Waals surface area (Å²) in [7, 11) is 0. The van der Waals surface area contributed by atoms with Crippen LogP contribution in [0.4, 0.5) is 25.1 Å². The molecule has 0 unspecified atom stereocenters. The van der Waals surface area contributed by atoms with Crippen molar-refractivity contribution in [3.05, 3.63) is 59.7 Å². The van der Waals surface area contributed by atoms with Crippen LogP contribution in [0.1, 0.15) is 11.1 Å². The van der Waals surface area contributed by atoms with Gasteiger partial charge in [0.25, 0.3) is 0 Å². The monoisotopic (exact) mass is 430 g/mol. The van der Waals surface area contributed by atoms with E-state index in [2.05, 4.69) is 19.9 Å². The molecule has 1 aliphatic rings. The number of alkyl halides is 3. The van der Waals surface area contributed by atoms with Crippen molar-refractivity contribution in [3.63, 3.8) is 0 Å². The first-order valence-electron chi connectivity index (χ1n) is 9.73. The quantitative estimate of drug-likeness (QED) is 0.657. The van der Waals surface area contributed by atoms with Gasteiger partial charge in [0.2, 0.25) is 11.9 Å². The van der Waals surface area contributed by atoms with Crippen molar-refractivity contribution in [2.75, 3.05) is 36.8 Å². The molecule has 2 aromatic carbocycles. The Morgan fingerprint density at radius 2 is 1.58 bits per heavy atom. The fraction of sp³-hybridized carbons (Fsp3) is 0.286. The Labute approximate surface area is 177 Å². The number of nitrogens with two attached hydrogens (primary N) is 1. The molecule has 1 saturated heterocycles. The molecule has 4 rings (SSSR count). The number of anilines is 2. The molecule has 0 aliphatic carbocycles. The SMILES string of the molecule is Nc1nc(-c2ccccc2O)nc(N2CCN(Cc3ccc(C(F)(F)F)cc3)CC2)n1. The zero-order valence-electron chi connectivity index (χ0n) is 16.5. The van der Waals surface area contributed by atoms with Gasteiger partial charge in [-0.05, 0) is 29.8 Å². The summed E-state index contributed by atoms with van der Waals surface area (Å²) in [5, 5.41) is 10.1. The van der Waals surface area contributed by atoms with Gasteiger partial charge in [0, 0.05) is 32.7 Å². The minimum atomic E-state index is -4.33. The number of piperazine rings is 1. The Hall–Kier alpha value is -3.40.